The van der Waals surface area contributed by atoms with Crippen LogP contribution in [0.5, 0.6) is 0 Å². The lowest BCUT2D eigenvalue weighted by atomic mass is 9.83. The molecule has 0 fully saturated rings. The standard InChI is InChI=1S/C15H26BO3PS/c1-14(2,15(3,4)20)19-16-13-8-6-12(7-9-13)10-11-21(5,17)18/h6-9,16H,10-11,20H2,1-5H3. The van der Waals surface area contributed by atoms with Crippen molar-refractivity contribution in [3.63, 3.8) is 0 Å². The first kappa shape index (κ1) is 18.7. The van der Waals surface area contributed by atoms with Crippen molar-refractivity contribution in [2.75, 3.05) is 12.0 Å². The Labute approximate surface area is 132 Å². The lowest BCUT2D eigenvalue weighted by Gasteiger charge is -2.39. The van der Waals surface area contributed by atoms with E-state index in [1.54, 1.807) is 0 Å². The Bertz CT molecular complexity index is 560. The molecule has 0 N–H and O–H groups in total. The SMILES string of the molecule is CC(C)(P)C(C)(C)OBc1ccc(CCS(C)(=O)=O)cc1. The van der Waals surface area contributed by atoms with Gasteiger partial charge in [0.05, 0.1) is 11.4 Å². The second kappa shape index (κ2) is 6.81. The van der Waals surface area contributed by atoms with Gasteiger partial charge in [-0.3, -0.25) is 0 Å². The first-order valence-electron chi connectivity index (χ1n) is 7.09. The molecule has 0 saturated heterocycles. The van der Waals surface area contributed by atoms with E-state index in [2.05, 4.69) is 36.9 Å². The topological polar surface area (TPSA) is 43.4 Å². The average Bonchev–Trinajstić information content (AvgIpc) is 2.33. The van der Waals surface area contributed by atoms with Crippen LogP contribution in [0.2, 0.25) is 0 Å². The summed E-state index contributed by atoms with van der Waals surface area (Å²) in [5.41, 5.74) is 1.89. The fraction of sp³-hybridized carbons (Fsp3) is 0.600. The molecule has 0 aliphatic carbocycles. The van der Waals surface area contributed by atoms with Crippen LogP contribution >= 0.6 is 9.24 Å². The average molecular weight is 328 g/mol. The van der Waals surface area contributed by atoms with E-state index in [1.807, 2.05) is 24.3 Å². The van der Waals surface area contributed by atoms with Gasteiger partial charge in [-0.2, -0.15) is 0 Å². The predicted octanol–water partition coefficient (Wildman–Crippen LogP) is 1.70. The Balaban J connectivity index is 2.60. The Kier molecular flexibility index (Phi) is 6.05. The first-order chi connectivity index (χ1) is 9.41. The maximum absolute atomic E-state index is 11.2. The Morgan fingerprint density at radius 3 is 2.10 bits per heavy atom. The van der Waals surface area contributed by atoms with Crippen molar-refractivity contribution >= 4 is 32.0 Å². The highest BCUT2D eigenvalue weighted by Gasteiger charge is 2.33. The summed E-state index contributed by atoms with van der Waals surface area (Å²) in [7, 11) is 0.471. The third-order valence-corrected chi connectivity index (χ3v) is 5.58. The molecule has 0 aromatic heterocycles. The van der Waals surface area contributed by atoms with Crippen LogP contribution in [0.15, 0.2) is 24.3 Å². The zero-order chi connectivity index (χ0) is 16.3. The zero-order valence-corrected chi connectivity index (χ0v) is 15.6. The van der Waals surface area contributed by atoms with Crippen LogP contribution in [0.3, 0.4) is 0 Å². The minimum Gasteiger partial charge on any atom is -0.429 e. The molecular formula is C15H26BO3PS. The molecule has 3 nitrogen and oxygen atoms in total. The molecule has 0 aliphatic rings. The lowest BCUT2D eigenvalue weighted by molar-refractivity contribution is 0.0841. The van der Waals surface area contributed by atoms with Gasteiger partial charge in [0.2, 0.25) is 0 Å². The van der Waals surface area contributed by atoms with Crippen molar-refractivity contribution in [2.45, 2.75) is 44.9 Å². The quantitative estimate of drug-likeness (QED) is 0.565. The molecule has 6 heteroatoms. The van der Waals surface area contributed by atoms with Crippen LogP contribution in [0.25, 0.3) is 0 Å². The van der Waals surface area contributed by atoms with Crippen LogP contribution in [0.4, 0.5) is 0 Å². The van der Waals surface area contributed by atoms with Gasteiger partial charge in [0, 0.05) is 11.4 Å². The Morgan fingerprint density at radius 1 is 1.14 bits per heavy atom. The molecule has 0 saturated carbocycles. The molecular weight excluding hydrogens is 302 g/mol. The zero-order valence-electron chi connectivity index (χ0n) is 13.6. The molecule has 118 valence electrons. The monoisotopic (exact) mass is 328 g/mol. The molecule has 21 heavy (non-hydrogen) atoms. The van der Waals surface area contributed by atoms with Crippen LogP contribution in [-0.2, 0) is 20.9 Å². The Hall–Kier alpha value is -0.375. The van der Waals surface area contributed by atoms with E-state index >= 15 is 0 Å². The summed E-state index contributed by atoms with van der Waals surface area (Å²) in [6, 6.07) is 7.96. The van der Waals surface area contributed by atoms with Crippen molar-refractivity contribution in [1.82, 2.24) is 0 Å². The predicted molar refractivity (Wildman–Crippen MR) is 95.6 cm³/mol. The summed E-state index contributed by atoms with van der Waals surface area (Å²) in [5, 5.41) is -0.0115. The largest absolute Gasteiger partial charge is 0.429 e. The number of hydrogen-bond acceptors (Lipinski definition) is 3. The van der Waals surface area contributed by atoms with Crippen LogP contribution < -0.4 is 5.46 Å². The highest BCUT2D eigenvalue weighted by molar-refractivity contribution is 7.90. The van der Waals surface area contributed by atoms with Crippen LogP contribution in [0, 0.1) is 0 Å². The second-order valence-corrected chi connectivity index (χ2v) is 10.4. The summed E-state index contributed by atoms with van der Waals surface area (Å²) in [5.74, 6) is 0.192. The Morgan fingerprint density at radius 2 is 1.67 bits per heavy atom. The highest BCUT2D eigenvalue weighted by atomic mass is 32.2. The van der Waals surface area contributed by atoms with E-state index in [-0.39, 0.29) is 16.5 Å². The van der Waals surface area contributed by atoms with Crippen molar-refractivity contribution in [2.24, 2.45) is 0 Å². The molecule has 0 heterocycles. The van der Waals surface area contributed by atoms with Gasteiger partial charge in [0.25, 0.3) is 0 Å². The summed E-state index contributed by atoms with van der Waals surface area (Å²) in [6.07, 6.45) is 1.83. The van der Waals surface area contributed by atoms with Gasteiger partial charge < -0.3 is 4.65 Å². The van der Waals surface area contributed by atoms with E-state index in [0.29, 0.717) is 13.9 Å². The second-order valence-electron chi connectivity index (χ2n) is 6.72. The normalized spacial score (nSPS) is 13.2. The first-order valence-corrected chi connectivity index (χ1v) is 9.73. The molecule has 0 spiro atoms. The molecule has 1 atom stereocenters. The van der Waals surface area contributed by atoms with Crippen molar-refractivity contribution in [3.8, 4) is 0 Å². The molecule has 0 radical (unpaired) electrons. The number of sulfone groups is 1. The minimum atomic E-state index is -2.91. The molecule has 1 aromatic rings. The van der Waals surface area contributed by atoms with Crippen molar-refractivity contribution in [3.05, 3.63) is 29.8 Å². The number of benzene rings is 1. The molecule has 0 amide bonds. The van der Waals surface area contributed by atoms with Gasteiger partial charge in [-0.05, 0) is 25.8 Å². The van der Waals surface area contributed by atoms with E-state index in [9.17, 15) is 8.42 Å². The van der Waals surface area contributed by atoms with Gasteiger partial charge in [-0.1, -0.05) is 43.6 Å². The molecule has 1 unspecified atom stereocenters. The summed E-state index contributed by atoms with van der Waals surface area (Å²) < 4.78 is 28.3. The van der Waals surface area contributed by atoms with Crippen LogP contribution in [-0.4, -0.2) is 38.7 Å². The molecule has 1 aromatic carbocycles. The van der Waals surface area contributed by atoms with E-state index < -0.39 is 9.84 Å². The fourth-order valence-electron chi connectivity index (χ4n) is 1.56. The molecule has 0 bridgehead atoms. The fourth-order valence-corrected chi connectivity index (χ4v) is 2.24. The molecule has 0 aliphatic heterocycles. The van der Waals surface area contributed by atoms with E-state index in [1.165, 1.54) is 6.26 Å². The number of hydrogen-bond donors (Lipinski definition) is 0. The highest BCUT2D eigenvalue weighted by Crippen LogP contribution is 2.32. The maximum Gasteiger partial charge on any atom is 0.309 e. The third-order valence-electron chi connectivity index (χ3n) is 3.94. The van der Waals surface area contributed by atoms with Gasteiger partial charge in [-0.25, -0.2) is 8.42 Å². The van der Waals surface area contributed by atoms with E-state index in [0.717, 1.165) is 11.0 Å². The van der Waals surface area contributed by atoms with E-state index in [4.69, 9.17) is 4.65 Å². The minimum absolute atomic E-state index is 0.0115. The van der Waals surface area contributed by atoms with Crippen molar-refractivity contribution < 1.29 is 13.1 Å². The summed E-state index contributed by atoms with van der Waals surface area (Å²) in [6.45, 7) is 8.43. The lowest BCUT2D eigenvalue weighted by Crippen LogP contribution is -2.45. The number of aryl methyl sites for hydroxylation is 1. The molecule has 1 rings (SSSR count). The smallest absolute Gasteiger partial charge is 0.309 e. The van der Waals surface area contributed by atoms with Crippen LogP contribution in [0.1, 0.15) is 33.3 Å². The van der Waals surface area contributed by atoms with Gasteiger partial charge >= 0.3 is 7.48 Å². The van der Waals surface area contributed by atoms with Gasteiger partial charge in [-0.15, -0.1) is 9.24 Å². The third kappa shape index (κ3) is 6.50. The summed E-state index contributed by atoms with van der Waals surface area (Å²) in [4.78, 5) is 0. The van der Waals surface area contributed by atoms with Gasteiger partial charge in [0.1, 0.15) is 9.84 Å². The van der Waals surface area contributed by atoms with Gasteiger partial charge in [0.15, 0.2) is 0 Å². The van der Waals surface area contributed by atoms with Crippen molar-refractivity contribution in [1.29, 1.82) is 0 Å². The maximum atomic E-state index is 11.2. The number of rotatable bonds is 7. The summed E-state index contributed by atoms with van der Waals surface area (Å²) >= 11 is 0.